The molecule has 0 amide bonds. The number of aliphatic hydroxyl groups is 1. The van der Waals surface area contributed by atoms with Crippen LogP contribution in [-0.2, 0) is 6.54 Å². The van der Waals surface area contributed by atoms with Crippen LogP contribution in [0.25, 0.3) is 0 Å². The molecule has 0 aromatic heterocycles. The van der Waals surface area contributed by atoms with Gasteiger partial charge in [0.05, 0.1) is 6.10 Å². The Morgan fingerprint density at radius 2 is 1.80 bits per heavy atom. The highest BCUT2D eigenvalue weighted by molar-refractivity contribution is 6.33. The van der Waals surface area contributed by atoms with Gasteiger partial charge in [0.15, 0.2) is 0 Å². The molecular weight excluding hydrogens is 300 g/mol. The van der Waals surface area contributed by atoms with E-state index in [1.165, 1.54) is 12.1 Å². The lowest BCUT2D eigenvalue weighted by atomic mass is 10.1. The molecule has 20 heavy (non-hydrogen) atoms. The van der Waals surface area contributed by atoms with Gasteiger partial charge in [0.25, 0.3) is 0 Å². The minimum absolute atomic E-state index is 0.264. The Morgan fingerprint density at radius 1 is 1.10 bits per heavy atom. The van der Waals surface area contributed by atoms with Crippen LogP contribution in [0, 0.1) is 5.82 Å². The summed E-state index contributed by atoms with van der Waals surface area (Å²) in [5, 5.41) is 14.2. The van der Waals surface area contributed by atoms with E-state index in [4.69, 9.17) is 23.2 Å². The fourth-order valence-electron chi connectivity index (χ4n) is 1.84. The van der Waals surface area contributed by atoms with Gasteiger partial charge in [0, 0.05) is 28.7 Å². The summed E-state index contributed by atoms with van der Waals surface area (Å²) in [5.74, 6) is -0.264. The van der Waals surface area contributed by atoms with Crippen molar-refractivity contribution in [2.75, 3.05) is 6.54 Å². The van der Waals surface area contributed by atoms with Crippen molar-refractivity contribution in [2.45, 2.75) is 12.6 Å². The molecule has 0 aliphatic carbocycles. The normalized spacial score (nSPS) is 12.4. The molecule has 5 heteroatoms. The van der Waals surface area contributed by atoms with Crippen molar-refractivity contribution in [3.05, 3.63) is 69.5 Å². The summed E-state index contributed by atoms with van der Waals surface area (Å²) in [4.78, 5) is 0. The average molecular weight is 314 g/mol. The van der Waals surface area contributed by atoms with Crippen LogP contribution < -0.4 is 5.32 Å². The molecule has 0 spiro atoms. The number of halogens is 3. The van der Waals surface area contributed by atoms with E-state index >= 15 is 0 Å². The Kier molecular flexibility index (Phi) is 5.38. The van der Waals surface area contributed by atoms with Gasteiger partial charge in [-0.3, -0.25) is 0 Å². The smallest absolute Gasteiger partial charge is 0.123 e. The number of aliphatic hydroxyl groups excluding tert-OH is 1. The van der Waals surface area contributed by atoms with Crippen LogP contribution in [0.4, 0.5) is 4.39 Å². The van der Waals surface area contributed by atoms with Gasteiger partial charge in [0.2, 0.25) is 0 Å². The van der Waals surface area contributed by atoms with Gasteiger partial charge in [0.1, 0.15) is 5.82 Å². The third-order valence-corrected chi connectivity index (χ3v) is 3.48. The minimum Gasteiger partial charge on any atom is -0.387 e. The molecular formula is C15H14Cl2FNO. The first-order chi connectivity index (χ1) is 9.56. The molecule has 0 radical (unpaired) electrons. The van der Waals surface area contributed by atoms with Gasteiger partial charge in [-0.15, -0.1) is 0 Å². The van der Waals surface area contributed by atoms with E-state index in [9.17, 15) is 9.50 Å². The maximum Gasteiger partial charge on any atom is 0.123 e. The van der Waals surface area contributed by atoms with Crippen molar-refractivity contribution >= 4 is 23.2 Å². The maximum absolute atomic E-state index is 12.8. The zero-order valence-corrected chi connectivity index (χ0v) is 12.1. The summed E-state index contributed by atoms with van der Waals surface area (Å²) in [5.41, 5.74) is 1.53. The first kappa shape index (κ1) is 15.3. The second-order valence-corrected chi connectivity index (χ2v) is 5.28. The van der Waals surface area contributed by atoms with Gasteiger partial charge in [-0.25, -0.2) is 4.39 Å². The molecule has 0 heterocycles. The zero-order chi connectivity index (χ0) is 14.5. The van der Waals surface area contributed by atoms with Crippen molar-refractivity contribution in [3.63, 3.8) is 0 Å². The monoisotopic (exact) mass is 313 g/mol. The molecule has 0 aliphatic rings. The average Bonchev–Trinajstić information content (AvgIpc) is 2.43. The highest BCUT2D eigenvalue weighted by Gasteiger charge is 2.11. The largest absolute Gasteiger partial charge is 0.387 e. The molecule has 0 saturated heterocycles. The topological polar surface area (TPSA) is 32.3 Å². The van der Waals surface area contributed by atoms with Crippen molar-refractivity contribution in [3.8, 4) is 0 Å². The molecule has 106 valence electrons. The maximum atomic E-state index is 12.8. The zero-order valence-electron chi connectivity index (χ0n) is 10.6. The number of benzene rings is 2. The van der Waals surface area contributed by atoms with E-state index in [0.717, 1.165) is 5.56 Å². The minimum atomic E-state index is -0.748. The SMILES string of the molecule is OC(CNCc1ccc(F)cc1)c1cc(Cl)ccc1Cl. The van der Waals surface area contributed by atoms with E-state index in [1.807, 2.05) is 0 Å². The van der Waals surface area contributed by atoms with Crippen molar-refractivity contribution in [1.29, 1.82) is 0 Å². The molecule has 0 fully saturated rings. The molecule has 1 unspecified atom stereocenters. The Balaban J connectivity index is 1.90. The van der Waals surface area contributed by atoms with Crippen LogP contribution in [0.3, 0.4) is 0 Å². The van der Waals surface area contributed by atoms with Crippen LogP contribution in [0.5, 0.6) is 0 Å². The number of hydrogen-bond donors (Lipinski definition) is 2. The number of nitrogens with one attached hydrogen (secondary N) is 1. The Bertz CT molecular complexity index is 575. The second kappa shape index (κ2) is 7.04. The standard InChI is InChI=1S/C15H14Cl2FNO/c16-11-3-6-14(17)13(7-11)15(20)9-19-8-10-1-4-12(18)5-2-10/h1-7,15,19-20H,8-9H2. The number of rotatable bonds is 5. The van der Waals surface area contributed by atoms with E-state index in [0.29, 0.717) is 28.7 Å². The van der Waals surface area contributed by atoms with Crippen LogP contribution in [0.15, 0.2) is 42.5 Å². The lowest BCUT2D eigenvalue weighted by molar-refractivity contribution is 0.174. The van der Waals surface area contributed by atoms with Crippen molar-refractivity contribution in [2.24, 2.45) is 0 Å². The fourth-order valence-corrected chi connectivity index (χ4v) is 2.26. The third-order valence-electron chi connectivity index (χ3n) is 2.90. The van der Waals surface area contributed by atoms with E-state index in [-0.39, 0.29) is 5.82 Å². The second-order valence-electron chi connectivity index (χ2n) is 4.44. The van der Waals surface area contributed by atoms with Crippen molar-refractivity contribution in [1.82, 2.24) is 5.32 Å². The number of hydrogen-bond acceptors (Lipinski definition) is 2. The summed E-state index contributed by atoms with van der Waals surface area (Å²) >= 11 is 11.9. The lowest BCUT2D eigenvalue weighted by Crippen LogP contribution is -2.21. The first-order valence-corrected chi connectivity index (χ1v) is 6.90. The van der Waals surface area contributed by atoms with Crippen LogP contribution in [-0.4, -0.2) is 11.7 Å². The molecule has 2 nitrogen and oxygen atoms in total. The molecule has 2 aromatic rings. The first-order valence-electron chi connectivity index (χ1n) is 6.14. The third kappa shape index (κ3) is 4.18. The molecule has 2 N–H and O–H groups in total. The predicted molar refractivity (Wildman–Crippen MR) is 79.5 cm³/mol. The summed E-state index contributed by atoms with van der Waals surface area (Å²) in [6.45, 7) is 0.868. The Hall–Kier alpha value is -1.13. The Labute approximate surface area is 127 Å². The van der Waals surface area contributed by atoms with Crippen LogP contribution in [0.2, 0.25) is 10.0 Å². The van der Waals surface area contributed by atoms with Gasteiger partial charge in [-0.05, 0) is 35.9 Å². The van der Waals surface area contributed by atoms with Crippen LogP contribution in [0.1, 0.15) is 17.2 Å². The summed E-state index contributed by atoms with van der Waals surface area (Å²) in [6, 6.07) is 11.2. The van der Waals surface area contributed by atoms with E-state index in [1.54, 1.807) is 30.3 Å². The fraction of sp³-hybridized carbons (Fsp3) is 0.200. The molecule has 0 saturated carbocycles. The summed E-state index contributed by atoms with van der Waals surface area (Å²) < 4.78 is 12.8. The van der Waals surface area contributed by atoms with Gasteiger partial charge in [-0.2, -0.15) is 0 Å². The Morgan fingerprint density at radius 3 is 2.50 bits per heavy atom. The predicted octanol–water partition coefficient (Wildman–Crippen LogP) is 3.96. The highest BCUT2D eigenvalue weighted by atomic mass is 35.5. The van der Waals surface area contributed by atoms with Gasteiger partial charge < -0.3 is 10.4 Å². The highest BCUT2D eigenvalue weighted by Crippen LogP contribution is 2.26. The lowest BCUT2D eigenvalue weighted by Gasteiger charge is -2.14. The molecule has 0 bridgehead atoms. The van der Waals surface area contributed by atoms with E-state index < -0.39 is 6.10 Å². The molecule has 1 atom stereocenters. The quantitative estimate of drug-likeness (QED) is 0.876. The summed E-state index contributed by atoms with van der Waals surface area (Å²) in [6.07, 6.45) is -0.748. The van der Waals surface area contributed by atoms with Gasteiger partial charge in [-0.1, -0.05) is 35.3 Å². The summed E-state index contributed by atoms with van der Waals surface area (Å²) in [7, 11) is 0. The van der Waals surface area contributed by atoms with Gasteiger partial charge >= 0.3 is 0 Å². The van der Waals surface area contributed by atoms with E-state index in [2.05, 4.69) is 5.32 Å². The van der Waals surface area contributed by atoms with Crippen LogP contribution >= 0.6 is 23.2 Å². The molecule has 2 rings (SSSR count). The van der Waals surface area contributed by atoms with Crippen molar-refractivity contribution < 1.29 is 9.50 Å². The molecule has 0 aliphatic heterocycles. The molecule has 2 aromatic carbocycles.